The van der Waals surface area contributed by atoms with Gasteiger partial charge in [0.2, 0.25) is 0 Å². The first-order valence-corrected chi connectivity index (χ1v) is 16.9. The van der Waals surface area contributed by atoms with Crippen molar-refractivity contribution in [3.63, 3.8) is 0 Å². The molecule has 2 nitrogen and oxygen atoms in total. The van der Waals surface area contributed by atoms with E-state index in [-0.39, 0.29) is 0 Å². The van der Waals surface area contributed by atoms with Crippen LogP contribution in [0.3, 0.4) is 0 Å². The highest BCUT2D eigenvalue weighted by Crippen LogP contribution is 2.63. The van der Waals surface area contributed by atoms with Gasteiger partial charge in [0, 0.05) is 16.5 Å². The first-order chi connectivity index (χ1) is 24.3. The number of para-hydroxylation sites is 1. The molecule has 0 unspecified atom stereocenters. The lowest BCUT2D eigenvalue weighted by atomic mass is 9.70. The fourth-order valence-corrected chi connectivity index (χ4v) is 8.90. The molecule has 0 radical (unpaired) electrons. The summed E-state index contributed by atoms with van der Waals surface area (Å²) in [6.07, 6.45) is 0. The van der Waals surface area contributed by atoms with E-state index in [9.17, 15) is 0 Å². The van der Waals surface area contributed by atoms with Gasteiger partial charge in [0.05, 0.1) is 16.6 Å². The van der Waals surface area contributed by atoms with E-state index in [2.05, 4.69) is 170 Å². The smallest absolute Gasteiger partial charge is 0.161 e. The maximum absolute atomic E-state index is 5.47. The van der Waals surface area contributed by atoms with E-state index < -0.39 is 5.41 Å². The molecule has 2 heteroatoms. The van der Waals surface area contributed by atoms with Gasteiger partial charge in [-0.15, -0.1) is 0 Å². The third kappa shape index (κ3) is 3.50. The van der Waals surface area contributed by atoms with Crippen molar-refractivity contribution in [2.75, 3.05) is 0 Å². The second-order valence-corrected chi connectivity index (χ2v) is 13.3. The second-order valence-electron chi connectivity index (χ2n) is 13.3. The van der Waals surface area contributed by atoms with Crippen molar-refractivity contribution in [1.82, 2.24) is 9.97 Å². The van der Waals surface area contributed by atoms with Crippen molar-refractivity contribution in [1.29, 1.82) is 0 Å². The lowest BCUT2D eigenvalue weighted by Gasteiger charge is -2.30. The Morgan fingerprint density at radius 2 is 0.918 bits per heavy atom. The highest BCUT2D eigenvalue weighted by Gasteiger charge is 2.52. The minimum absolute atomic E-state index is 0.409. The molecular weight excluding hydrogens is 593 g/mol. The molecule has 2 aliphatic carbocycles. The van der Waals surface area contributed by atoms with Crippen LogP contribution in [0.2, 0.25) is 0 Å². The van der Waals surface area contributed by atoms with Crippen LogP contribution in [0, 0.1) is 0 Å². The van der Waals surface area contributed by atoms with E-state index in [4.69, 9.17) is 9.97 Å². The minimum Gasteiger partial charge on any atom is -0.228 e. The van der Waals surface area contributed by atoms with Crippen LogP contribution in [0.5, 0.6) is 0 Å². The van der Waals surface area contributed by atoms with Gasteiger partial charge in [0.15, 0.2) is 5.82 Å². The van der Waals surface area contributed by atoms with E-state index in [1.165, 1.54) is 66.1 Å². The van der Waals surface area contributed by atoms with E-state index in [0.717, 1.165) is 33.5 Å². The molecule has 0 amide bonds. The quantitative estimate of drug-likeness (QED) is 0.180. The maximum Gasteiger partial charge on any atom is 0.161 e. The molecule has 0 fully saturated rings. The number of hydrogen-bond acceptors (Lipinski definition) is 2. The normalized spacial score (nSPS) is 13.5. The van der Waals surface area contributed by atoms with Crippen molar-refractivity contribution < 1.29 is 0 Å². The zero-order valence-electron chi connectivity index (χ0n) is 26.6. The Labute approximate surface area is 284 Å². The molecule has 2 aliphatic rings. The molecule has 49 heavy (non-hydrogen) atoms. The van der Waals surface area contributed by atoms with E-state index in [0.29, 0.717) is 0 Å². The third-order valence-corrected chi connectivity index (χ3v) is 10.9. The van der Waals surface area contributed by atoms with Crippen molar-refractivity contribution in [2.24, 2.45) is 0 Å². The average molecular weight is 621 g/mol. The Morgan fingerprint density at radius 3 is 1.69 bits per heavy atom. The number of aromatic nitrogens is 2. The Kier molecular flexibility index (Phi) is 5.34. The molecule has 0 aliphatic heterocycles. The van der Waals surface area contributed by atoms with Crippen LogP contribution in [0.15, 0.2) is 170 Å². The largest absolute Gasteiger partial charge is 0.228 e. The van der Waals surface area contributed by atoms with Gasteiger partial charge in [0.25, 0.3) is 0 Å². The summed E-state index contributed by atoms with van der Waals surface area (Å²) in [7, 11) is 0. The fourth-order valence-electron chi connectivity index (χ4n) is 8.90. The van der Waals surface area contributed by atoms with Gasteiger partial charge in [-0.05, 0) is 78.2 Å². The number of nitrogens with zero attached hydrogens (tertiary/aromatic N) is 2. The Bertz CT molecular complexity index is 2800. The first kappa shape index (κ1) is 26.7. The van der Waals surface area contributed by atoms with Crippen LogP contribution >= 0.6 is 0 Å². The standard InChI is InChI=1S/C47H28N2/c1-2-13-32-29(12-1)24-25-30-26-27-31(28-38(30)32)45-36-17-6-10-23-43(36)48-46(49-45)37-18-11-22-42-44(37)35-16-5-9-21-41(35)47(42)39-19-7-3-14-33(39)34-15-4-8-20-40(34)47/h1-28H. The molecule has 0 N–H and O–H groups in total. The van der Waals surface area contributed by atoms with Crippen LogP contribution < -0.4 is 0 Å². The predicted molar refractivity (Wildman–Crippen MR) is 202 cm³/mol. The molecule has 0 atom stereocenters. The molecule has 226 valence electrons. The molecule has 9 aromatic rings. The second kappa shape index (κ2) is 9.82. The third-order valence-electron chi connectivity index (χ3n) is 10.9. The lowest BCUT2D eigenvalue weighted by Crippen LogP contribution is -2.25. The van der Waals surface area contributed by atoms with Gasteiger partial charge in [-0.3, -0.25) is 0 Å². The Hall–Kier alpha value is -6.38. The van der Waals surface area contributed by atoms with E-state index in [1.54, 1.807) is 0 Å². The molecule has 1 heterocycles. The number of fused-ring (bicyclic) bond motifs is 14. The van der Waals surface area contributed by atoms with Gasteiger partial charge in [-0.2, -0.15) is 0 Å². The predicted octanol–water partition coefficient (Wildman–Crippen LogP) is 11.6. The van der Waals surface area contributed by atoms with Gasteiger partial charge >= 0.3 is 0 Å². The van der Waals surface area contributed by atoms with Crippen LogP contribution in [-0.4, -0.2) is 9.97 Å². The summed E-state index contributed by atoms with van der Waals surface area (Å²) < 4.78 is 0. The molecule has 0 bridgehead atoms. The molecule has 8 aromatic carbocycles. The van der Waals surface area contributed by atoms with Crippen LogP contribution in [0.25, 0.3) is 77.3 Å². The highest BCUT2D eigenvalue weighted by atomic mass is 14.9. The summed E-state index contributed by atoms with van der Waals surface area (Å²) >= 11 is 0. The average Bonchev–Trinajstić information content (AvgIpc) is 3.65. The highest BCUT2D eigenvalue weighted by molar-refractivity contribution is 6.09. The summed E-state index contributed by atoms with van der Waals surface area (Å²) in [5, 5.41) is 5.99. The van der Waals surface area contributed by atoms with Crippen molar-refractivity contribution in [3.8, 4) is 44.9 Å². The molecule has 0 saturated heterocycles. The Balaban J connectivity index is 1.20. The van der Waals surface area contributed by atoms with Gasteiger partial charge < -0.3 is 0 Å². The minimum atomic E-state index is -0.409. The summed E-state index contributed by atoms with van der Waals surface area (Å²) in [6, 6.07) is 61.8. The maximum atomic E-state index is 5.47. The number of rotatable bonds is 2. The van der Waals surface area contributed by atoms with Crippen LogP contribution in [0.4, 0.5) is 0 Å². The number of benzene rings is 8. The molecular formula is C47H28N2. The first-order valence-electron chi connectivity index (χ1n) is 16.9. The molecule has 11 rings (SSSR count). The van der Waals surface area contributed by atoms with Crippen molar-refractivity contribution in [3.05, 3.63) is 192 Å². The van der Waals surface area contributed by atoms with Crippen molar-refractivity contribution in [2.45, 2.75) is 5.41 Å². The molecule has 0 saturated carbocycles. The fraction of sp³-hybridized carbons (Fsp3) is 0.0213. The summed E-state index contributed by atoms with van der Waals surface area (Å²) in [5.41, 5.74) is 14.0. The zero-order valence-corrected chi connectivity index (χ0v) is 26.6. The number of hydrogen-bond donors (Lipinski definition) is 0. The Morgan fingerprint density at radius 1 is 0.367 bits per heavy atom. The van der Waals surface area contributed by atoms with Crippen LogP contribution in [0.1, 0.15) is 22.3 Å². The lowest BCUT2D eigenvalue weighted by molar-refractivity contribution is 0.794. The molecule has 1 spiro atoms. The van der Waals surface area contributed by atoms with Gasteiger partial charge in [0.1, 0.15) is 0 Å². The monoisotopic (exact) mass is 620 g/mol. The summed E-state index contributed by atoms with van der Waals surface area (Å²) in [4.78, 5) is 10.8. The van der Waals surface area contributed by atoms with E-state index >= 15 is 0 Å². The molecule has 1 aromatic heterocycles. The summed E-state index contributed by atoms with van der Waals surface area (Å²) in [6.45, 7) is 0. The zero-order chi connectivity index (χ0) is 32.1. The SMILES string of the molecule is c1ccc2c(c1)-c1ccccc1C21c2ccccc2-c2c(-c3nc(-c4ccc5ccc6ccccc6c5c4)c4ccccc4n3)cccc21. The topological polar surface area (TPSA) is 25.8 Å². The van der Waals surface area contributed by atoms with Crippen molar-refractivity contribution >= 4 is 32.4 Å². The van der Waals surface area contributed by atoms with E-state index in [1.807, 2.05) is 0 Å². The van der Waals surface area contributed by atoms with Gasteiger partial charge in [-0.1, -0.05) is 158 Å². The van der Waals surface area contributed by atoms with Gasteiger partial charge in [-0.25, -0.2) is 9.97 Å². The van der Waals surface area contributed by atoms with Crippen LogP contribution in [-0.2, 0) is 5.41 Å². The summed E-state index contributed by atoms with van der Waals surface area (Å²) in [5.74, 6) is 0.745.